The van der Waals surface area contributed by atoms with Gasteiger partial charge in [-0.1, -0.05) is 24.3 Å². The minimum atomic E-state index is -0.169. The maximum Gasteiger partial charge on any atom is 0.311 e. The fourth-order valence-corrected chi connectivity index (χ4v) is 3.55. The molecule has 0 bridgehead atoms. The molecule has 2 heterocycles. The van der Waals surface area contributed by atoms with E-state index in [1.165, 1.54) is 10.1 Å². The van der Waals surface area contributed by atoms with Crippen molar-refractivity contribution in [3.63, 3.8) is 0 Å². The van der Waals surface area contributed by atoms with Crippen LogP contribution in [-0.4, -0.2) is 5.97 Å². The first-order valence-corrected chi connectivity index (χ1v) is 7.72. The van der Waals surface area contributed by atoms with E-state index in [1.807, 2.05) is 29.6 Å². The SMILES string of the molecule is O=C(Cc1cccs1)OCc1csc2ccccc12. The lowest BCUT2D eigenvalue weighted by molar-refractivity contribution is -0.144. The molecule has 3 rings (SSSR count). The van der Waals surface area contributed by atoms with Crippen LogP contribution in [-0.2, 0) is 22.6 Å². The zero-order valence-corrected chi connectivity index (χ0v) is 11.8. The maximum atomic E-state index is 11.7. The summed E-state index contributed by atoms with van der Waals surface area (Å²) in [6.07, 6.45) is 0.361. The van der Waals surface area contributed by atoms with Crippen LogP contribution in [0, 0.1) is 0 Å². The summed E-state index contributed by atoms with van der Waals surface area (Å²) in [5.74, 6) is -0.169. The van der Waals surface area contributed by atoms with E-state index in [1.54, 1.807) is 22.7 Å². The Bertz CT molecular complexity index is 683. The molecular weight excluding hydrogens is 276 g/mol. The normalized spacial score (nSPS) is 10.7. The Labute approximate surface area is 119 Å². The molecule has 2 aromatic heterocycles. The molecule has 4 heteroatoms. The predicted octanol–water partition coefficient (Wildman–Crippen LogP) is 4.25. The highest BCUT2D eigenvalue weighted by atomic mass is 32.1. The van der Waals surface area contributed by atoms with Gasteiger partial charge >= 0.3 is 5.97 Å². The van der Waals surface area contributed by atoms with E-state index in [0.717, 1.165) is 10.4 Å². The van der Waals surface area contributed by atoms with Gasteiger partial charge in [-0.25, -0.2) is 0 Å². The first-order valence-electron chi connectivity index (χ1n) is 5.96. The van der Waals surface area contributed by atoms with E-state index >= 15 is 0 Å². The van der Waals surface area contributed by atoms with Crippen molar-refractivity contribution in [3.05, 3.63) is 57.6 Å². The lowest BCUT2D eigenvalue weighted by Crippen LogP contribution is -2.06. The van der Waals surface area contributed by atoms with Gasteiger partial charge in [0, 0.05) is 15.1 Å². The van der Waals surface area contributed by atoms with Crippen molar-refractivity contribution in [2.45, 2.75) is 13.0 Å². The molecule has 0 aliphatic carbocycles. The summed E-state index contributed by atoms with van der Waals surface area (Å²) in [5.41, 5.74) is 1.08. The summed E-state index contributed by atoms with van der Waals surface area (Å²) in [7, 11) is 0. The van der Waals surface area contributed by atoms with Crippen molar-refractivity contribution in [1.82, 2.24) is 0 Å². The zero-order valence-electron chi connectivity index (χ0n) is 10.2. The predicted molar refractivity (Wildman–Crippen MR) is 79.6 cm³/mol. The number of carbonyl (C=O) groups is 1. The fraction of sp³-hybridized carbons (Fsp3) is 0.133. The Morgan fingerprint density at radius 3 is 2.84 bits per heavy atom. The highest BCUT2D eigenvalue weighted by Gasteiger charge is 2.08. The summed E-state index contributed by atoms with van der Waals surface area (Å²) < 4.78 is 6.57. The summed E-state index contributed by atoms with van der Waals surface area (Å²) in [4.78, 5) is 12.8. The van der Waals surface area contributed by atoms with Crippen LogP contribution >= 0.6 is 22.7 Å². The molecule has 1 aromatic carbocycles. The summed E-state index contributed by atoms with van der Waals surface area (Å²) in [6, 6.07) is 12.1. The van der Waals surface area contributed by atoms with E-state index in [0.29, 0.717) is 13.0 Å². The molecule has 0 saturated carbocycles. The van der Waals surface area contributed by atoms with Crippen LogP contribution in [0.4, 0.5) is 0 Å². The highest BCUT2D eigenvalue weighted by Crippen LogP contribution is 2.26. The standard InChI is InChI=1S/C15H12O2S2/c16-15(8-12-4-3-7-18-12)17-9-11-10-19-14-6-2-1-5-13(11)14/h1-7,10H,8-9H2. The van der Waals surface area contributed by atoms with Gasteiger partial charge in [0.15, 0.2) is 0 Å². The van der Waals surface area contributed by atoms with Gasteiger partial charge in [-0.05, 0) is 28.3 Å². The largest absolute Gasteiger partial charge is 0.460 e. The van der Waals surface area contributed by atoms with Gasteiger partial charge in [-0.3, -0.25) is 4.79 Å². The molecule has 0 radical (unpaired) electrons. The molecule has 0 amide bonds. The van der Waals surface area contributed by atoms with Crippen LogP contribution in [0.25, 0.3) is 10.1 Å². The molecule has 0 saturated heterocycles. The molecule has 0 atom stereocenters. The number of esters is 1. The van der Waals surface area contributed by atoms with E-state index in [9.17, 15) is 4.79 Å². The van der Waals surface area contributed by atoms with Gasteiger partial charge in [-0.15, -0.1) is 22.7 Å². The van der Waals surface area contributed by atoms with Crippen molar-refractivity contribution < 1.29 is 9.53 Å². The molecule has 0 unspecified atom stereocenters. The van der Waals surface area contributed by atoms with Crippen molar-refractivity contribution in [2.75, 3.05) is 0 Å². The van der Waals surface area contributed by atoms with Crippen LogP contribution in [0.5, 0.6) is 0 Å². The smallest absolute Gasteiger partial charge is 0.311 e. The van der Waals surface area contributed by atoms with Crippen LogP contribution in [0.15, 0.2) is 47.2 Å². The van der Waals surface area contributed by atoms with E-state index in [-0.39, 0.29) is 5.97 Å². The number of carbonyl (C=O) groups excluding carboxylic acids is 1. The third kappa shape index (κ3) is 2.85. The number of rotatable bonds is 4. The molecule has 3 aromatic rings. The maximum absolute atomic E-state index is 11.7. The molecule has 2 nitrogen and oxygen atoms in total. The number of hydrogen-bond donors (Lipinski definition) is 0. The summed E-state index contributed by atoms with van der Waals surface area (Å²) >= 11 is 3.26. The van der Waals surface area contributed by atoms with Crippen LogP contribution in [0.1, 0.15) is 10.4 Å². The van der Waals surface area contributed by atoms with Gasteiger partial charge in [0.05, 0.1) is 6.42 Å². The summed E-state index contributed by atoms with van der Waals surface area (Å²) in [6.45, 7) is 0.355. The Balaban J connectivity index is 1.64. The minimum absolute atomic E-state index is 0.169. The average Bonchev–Trinajstić information content (AvgIpc) is 3.05. The number of fused-ring (bicyclic) bond motifs is 1. The van der Waals surface area contributed by atoms with Crippen LogP contribution in [0.2, 0.25) is 0 Å². The van der Waals surface area contributed by atoms with Crippen molar-refractivity contribution in [1.29, 1.82) is 0 Å². The Kier molecular flexibility index (Phi) is 3.62. The Hall–Kier alpha value is -1.65. The molecule has 0 spiro atoms. The number of benzene rings is 1. The van der Waals surface area contributed by atoms with E-state index < -0.39 is 0 Å². The third-order valence-corrected chi connectivity index (χ3v) is 4.74. The van der Waals surface area contributed by atoms with Gasteiger partial charge in [-0.2, -0.15) is 0 Å². The van der Waals surface area contributed by atoms with Gasteiger partial charge in [0.2, 0.25) is 0 Å². The minimum Gasteiger partial charge on any atom is -0.460 e. The second kappa shape index (κ2) is 5.55. The molecule has 0 fully saturated rings. The molecule has 96 valence electrons. The fourth-order valence-electron chi connectivity index (χ4n) is 1.91. The van der Waals surface area contributed by atoms with Gasteiger partial charge in [0.1, 0.15) is 6.61 Å². The van der Waals surface area contributed by atoms with E-state index in [2.05, 4.69) is 17.5 Å². The Morgan fingerprint density at radius 2 is 2.00 bits per heavy atom. The number of ether oxygens (including phenoxy) is 1. The number of thiophene rings is 2. The molecule has 0 N–H and O–H groups in total. The van der Waals surface area contributed by atoms with E-state index in [4.69, 9.17) is 4.74 Å². The van der Waals surface area contributed by atoms with Crippen LogP contribution < -0.4 is 0 Å². The lowest BCUT2D eigenvalue weighted by Gasteiger charge is -2.03. The van der Waals surface area contributed by atoms with Crippen molar-refractivity contribution in [3.8, 4) is 0 Å². The first kappa shape index (κ1) is 12.4. The lowest BCUT2D eigenvalue weighted by atomic mass is 10.2. The van der Waals surface area contributed by atoms with Crippen molar-refractivity contribution in [2.24, 2.45) is 0 Å². The second-order valence-corrected chi connectivity index (χ2v) is 6.12. The van der Waals surface area contributed by atoms with Gasteiger partial charge in [0.25, 0.3) is 0 Å². The number of hydrogen-bond acceptors (Lipinski definition) is 4. The quantitative estimate of drug-likeness (QED) is 0.671. The second-order valence-electron chi connectivity index (χ2n) is 4.17. The van der Waals surface area contributed by atoms with Crippen molar-refractivity contribution >= 4 is 38.7 Å². The topological polar surface area (TPSA) is 26.3 Å². The molecule has 19 heavy (non-hydrogen) atoms. The zero-order chi connectivity index (χ0) is 13.1. The highest BCUT2D eigenvalue weighted by molar-refractivity contribution is 7.17. The summed E-state index contributed by atoms with van der Waals surface area (Å²) in [5, 5.41) is 5.20. The third-order valence-electron chi connectivity index (χ3n) is 2.85. The monoisotopic (exact) mass is 288 g/mol. The molecule has 0 aliphatic rings. The molecule has 0 aliphatic heterocycles. The molecular formula is C15H12O2S2. The average molecular weight is 288 g/mol. The Morgan fingerprint density at radius 1 is 1.11 bits per heavy atom. The first-order chi connectivity index (χ1) is 9.33. The van der Waals surface area contributed by atoms with Crippen LogP contribution in [0.3, 0.4) is 0 Å². The van der Waals surface area contributed by atoms with Gasteiger partial charge < -0.3 is 4.74 Å².